The highest BCUT2D eigenvalue weighted by Crippen LogP contribution is 2.32. The van der Waals surface area contributed by atoms with Crippen molar-refractivity contribution in [2.45, 2.75) is 45.6 Å². The molecule has 6 nitrogen and oxygen atoms in total. The number of amides is 1. The molecule has 0 spiro atoms. The maximum absolute atomic E-state index is 13.1. The summed E-state index contributed by atoms with van der Waals surface area (Å²) in [5.41, 5.74) is 4.68. The third-order valence-electron chi connectivity index (χ3n) is 5.03. The Morgan fingerprint density at radius 3 is 2.33 bits per heavy atom. The predicted molar refractivity (Wildman–Crippen MR) is 105 cm³/mol. The summed E-state index contributed by atoms with van der Waals surface area (Å²) < 4.78 is 34.3. The van der Waals surface area contributed by atoms with E-state index in [1.807, 2.05) is 33.8 Å². The zero-order valence-electron chi connectivity index (χ0n) is 16.1. The van der Waals surface area contributed by atoms with Crippen LogP contribution < -0.4 is 14.8 Å². The SMILES string of the molecule is Cc1cc(C)c(C)c(S(=O)(=O)NC(C)c2ccc3c(c2)NC(=O)CO3)c1C. The average molecular weight is 388 g/mol. The summed E-state index contributed by atoms with van der Waals surface area (Å²) in [6.07, 6.45) is 0. The lowest BCUT2D eigenvalue weighted by Crippen LogP contribution is -2.29. The van der Waals surface area contributed by atoms with Crippen molar-refractivity contribution in [3.8, 4) is 5.75 Å². The third kappa shape index (κ3) is 3.70. The van der Waals surface area contributed by atoms with Gasteiger partial charge >= 0.3 is 0 Å². The standard InChI is InChI=1S/C20H24N2O4S/c1-11-8-12(2)14(4)20(13(11)3)27(24,25)22-15(5)16-6-7-18-17(9-16)21-19(23)10-26-18/h6-9,15,22H,10H2,1-5H3,(H,21,23). The molecular formula is C20H24N2O4S. The first-order valence-corrected chi connectivity index (χ1v) is 10.2. The summed E-state index contributed by atoms with van der Waals surface area (Å²) in [6.45, 7) is 9.24. The van der Waals surface area contributed by atoms with Crippen LogP contribution >= 0.6 is 0 Å². The molecule has 2 aromatic rings. The van der Waals surface area contributed by atoms with Gasteiger partial charge in [0.1, 0.15) is 5.75 Å². The van der Waals surface area contributed by atoms with E-state index in [-0.39, 0.29) is 12.5 Å². The van der Waals surface area contributed by atoms with Crippen molar-refractivity contribution in [1.82, 2.24) is 4.72 Å². The van der Waals surface area contributed by atoms with Crippen LogP contribution in [0.25, 0.3) is 0 Å². The van der Waals surface area contributed by atoms with Gasteiger partial charge in [0, 0.05) is 6.04 Å². The van der Waals surface area contributed by atoms with Crippen LogP contribution in [0.3, 0.4) is 0 Å². The van der Waals surface area contributed by atoms with Crippen molar-refractivity contribution in [3.05, 3.63) is 52.1 Å². The smallest absolute Gasteiger partial charge is 0.262 e. The second-order valence-electron chi connectivity index (χ2n) is 7.02. The van der Waals surface area contributed by atoms with Crippen molar-refractivity contribution in [1.29, 1.82) is 0 Å². The molecule has 1 atom stereocenters. The number of rotatable bonds is 4. The fourth-order valence-electron chi connectivity index (χ4n) is 3.31. The number of carbonyl (C=O) groups is 1. The number of fused-ring (bicyclic) bond motifs is 1. The van der Waals surface area contributed by atoms with Crippen molar-refractivity contribution >= 4 is 21.6 Å². The minimum absolute atomic E-state index is 0.0141. The van der Waals surface area contributed by atoms with Gasteiger partial charge < -0.3 is 10.1 Å². The van der Waals surface area contributed by atoms with Gasteiger partial charge in [-0.1, -0.05) is 12.1 Å². The molecule has 0 radical (unpaired) electrons. The monoisotopic (exact) mass is 388 g/mol. The lowest BCUT2D eigenvalue weighted by atomic mass is 10.0. The molecule has 1 aliphatic heterocycles. The van der Waals surface area contributed by atoms with E-state index < -0.39 is 16.1 Å². The van der Waals surface area contributed by atoms with Crippen LogP contribution in [0, 0.1) is 27.7 Å². The molecule has 7 heteroatoms. The Bertz CT molecular complexity index is 1000. The summed E-state index contributed by atoms with van der Waals surface area (Å²) in [6, 6.07) is 6.80. The Kier molecular flexibility index (Phi) is 5.01. The average Bonchev–Trinajstić information content (AvgIpc) is 2.59. The molecule has 0 aliphatic carbocycles. The molecule has 2 N–H and O–H groups in total. The number of benzene rings is 2. The Morgan fingerprint density at radius 2 is 1.70 bits per heavy atom. The highest BCUT2D eigenvalue weighted by molar-refractivity contribution is 7.89. The van der Waals surface area contributed by atoms with E-state index in [0.29, 0.717) is 16.3 Å². The number of sulfonamides is 1. The molecule has 27 heavy (non-hydrogen) atoms. The van der Waals surface area contributed by atoms with E-state index in [4.69, 9.17) is 4.74 Å². The third-order valence-corrected chi connectivity index (χ3v) is 6.85. The zero-order valence-corrected chi connectivity index (χ0v) is 17.0. The van der Waals surface area contributed by atoms with Crippen molar-refractivity contribution in [2.24, 2.45) is 0 Å². The van der Waals surface area contributed by atoms with E-state index in [0.717, 1.165) is 27.8 Å². The molecule has 0 fully saturated rings. The van der Waals surface area contributed by atoms with Crippen LogP contribution in [0.2, 0.25) is 0 Å². The van der Waals surface area contributed by atoms with Gasteiger partial charge in [0.2, 0.25) is 10.0 Å². The van der Waals surface area contributed by atoms with Gasteiger partial charge in [0.25, 0.3) is 5.91 Å². The summed E-state index contributed by atoms with van der Waals surface area (Å²) in [5.74, 6) is 0.351. The largest absolute Gasteiger partial charge is 0.482 e. The van der Waals surface area contributed by atoms with E-state index in [2.05, 4.69) is 10.0 Å². The fraction of sp³-hybridized carbons (Fsp3) is 0.350. The van der Waals surface area contributed by atoms with E-state index in [9.17, 15) is 13.2 Å². The number of nitrogens with one attached hydrogen (secondary N) is 2. The second kappa shape index (κ2) is 6.98. The molecule has 1 unspecified atom stereocenters. The summed E-state index contributed by atoms with van der Waals surface area (Å²) in [7, 11) is -3.71. The number of anilines is 1. The molecule has 2 aromatic carbocycles. The topological polar surface area (TPSA) is 84.5 Å². The highest BCUT2D eigenvalue weighted by atomic mass is 32.2. The minimum Gasteiger partial charge on any atom is -0.482 e. The lowest BCUT2D eigenvalue weighted by molar-refractivity contribution is -0.118. The number of carbonyl (C=O) groups excluding carboxylic acids is 1. The predicted octanol–water partition coefficient (Wildman–Crippen LogP) is 3.29. The van der Waals surface area contributed by atoms with Gasteiger partial charge in [-0.05, 0) is 74.6 Å². The van der Waals surface area contributed by atoms with E-state index in [1.165, 1.54) is 0 Å². The van der Waals surface area contributed by atoms with Crippen LogP contribution in [0.5, 0.6) is 5.75 Å². The molecule has 1 heterocycles. The molecule has 0 saturated carbocycles. The van der Waals surface area contributed by atoms with Gasteiger partial charge in [-0.3, -0.25) is 4.79 Å². The Hall–Kier alpha value is -2.38. The Labute approximate surface area is 160 Å². The van der Waals surface area contributed by atoms with Crippen LogP contribution in [0.1, 0.15) is 40.8 Å². The van der Waals surface area contributed by atoms with Crippen LogP contribution in [-0.4, -0.2) is 20.9 Å². The number of hydrogen-bond acceptors (Lipinski definition) is 4. The number of hydrogen-bond donors (Lipinski definition) is 2. The van der Waals surface area contributed by atoms with Crippen LogP contribution in [-0.2, 0) is 14.8 Å². The van der Waals surface area contributed by atoms with Gasteiger partial charge in [0.05, 0.1) is 10.6 Å². The first-order valence-electron chi connectivity index (χ1n) is 8.76. The molecule has 1 amide bonds. The first kappa shape index (κ1) is 19.4. The number of ether oxygens (including phenoxy) is 1. The van der Waals surface area contributed by atoms with Gasteiger partial charge in [-0.15, -0.1) is 0 Å². The van der Waals surface area contributed by atoms with Gasteiger partial charge in [-0.2, -0.15) is 0 Å². The summed E-state index contributed by atoms with van der Waals surface area (Å²) >= 11 is 0. The molecule has 0 saturated heterocycles. The van der Waals surface area contributed by atoms with Gasteiger partial charge in [-0.25, -0.2) is 13.1 Å². The first-order chi connectivity index (χ1) is 12.6. The molecule has 1 aliphatic rings. The summed E-state index contributed by atoms with van der Waals surface area (Å²) in [5, 5.41) is 2.74. The molecule has 3 rings (SSSR count). The van der Waals surface area contributed by atoms with Gasteiger partial charge in [0.15, 0.2) is 6.61 Å². The Balaban J connectivity index is 1.93. The normalized spacial score (nSPS) is 14.9. The van der Waals surface area contributed by atoms with Crippen LogP contribution in [0.4, 0.5) is 5.69 Å². The molecule has 144 valence electrons. The van der Waals surface area contributed by atoms with Crippen molar-refractivity contribution in [2.75, 3.05) is 11.9 Å². The lowest BCUT2D eigenvalue weighted by Gasteiger charge is -2.22. The Morgan fingerprint density at radius 1 is 1.07 bits per heavy atom. The van der Waals surface area contributed by atoms with Crippen molar-refractivity contribution in [3.63, 3.8) is 0 Å². The van der Waals surface area contributed by atoms with E-state index >= 15 is 0 Å². The quantitative estimate of drug-likeness (QED) is 0.842. The minimum atomic E-state index is -3.71. The molecule has 0 bridgehead atoms. The molecular weight excluding hydrogens is 364 g/mol. The fourth-order valence-corrected chi connectivity index (χ4v) is 5.16. The highest BCUT2D eigenvalue weighted by Gasteiger charge is 2.25. The maximum Gasteiger partial charge on any atom is 0.262 e. The zero-order chi connectivity index (χ0) is 19.9. The summed E-state index contributed by atoms with van der Waals surface area (Å²) in [4.78, 5) is 11.8. The molecule has 0 aromatic heterocycles. The second-order valence-corrected chi connectivity index (χ2v) is 8.68. The van der Waals surface area contributed by atoms with Crippen LogP contribution in [0.15, 0.2) is 29.2 Å². The van der Waals surface area contributed by atoms with Crippen molar-refractivity contribution < 1.29 is 17.9 Å². The van der Waals surface area contributed by atoms with E-state index in [1.54, 1.807) is 25.1 Å². The number of aryl methyl sites for hydroxylation is 2. The maximum atomic E-state index is 13.1.